The molecule has 23 heavy (non-hydrogen) atoms. The predicted molar refractivity (Wildman–Crippen MR) is 85.8 cm³/mol. The number of ether oxygens (including phenoxy) is 2. The molecular formula is C17H25N3O3. The maximum Gasteiger partial charge on any atom is 0.250 e. The second kappa shape index (κ2) is 6.35. The van der Waals surface area contributed by atoms with Gasteiger partial charge in [0.05, 0.1) is 23.9 Å². The molecule has 1 amide bonds. The van der Waals surface area contributed by atoms with E-state index in [1.54, 1.807) is 0 Å². The Morgan fingerprint density at radius 1 is 1.30 bits per heavy atom. The molecule has 0 aromatic carbocycles. The van der Waals surface area contributed by atoms with E-state index in [0.29, 0.717) is 13.2 Å². The molecule has 126 valence electrons. The molecule has 1 aromatic rings. The molecule has 2 aliphatic heterocycles. The van der Waals surface area contributed by atoms with Crippen molar-refractivity contribution in [3.05, 3.63) is 28.3 Å². The van der Waals surface area contributed by atoms with E-state index in [1.165, 1.54) is 0 Å². The van der Waals surface area contributed by atoms with Gasteiger partial charge in [-0.3, -0.25) is 9.48 Å². The zero-order valence-corrected chi connectivity index (χ0v) is 14.3. The van der Waals surface area contributed by atoms with Crippen molar-refractivity contribution >= 4 is 5.91 Å². The average Bonchev–Trinajstić information content (AvgIpc) is 3.04. The third-order valence-corrected chi connectivity index (χ3v) is 4.85. The lowest BCUT2D eigenvalue weighted by Gasteiger charge is -2.23. The van der Waals surface area contributed by atoms with Crippen LogP contribution >= 0.6 is 0 Å². The van der Waals surface area contributed by atoms with Crippen LogP contribution in [0.15, 0.2) is 11.3 Å². The van der Waals surface area contributed by atoms with E-state index in [4.69, 9.17) is 9.47 Å². The SMILES string of the molecule is CC1=C(C(=O)N[C@H]2CCO[C@@H]2c2c(C)nn(C)c2C)CCCO1. The molecule has 0 aliphatic carbocycles. The lowest BCUT2D eigenvalue weighted by molar-refractivity contribution is -0.119. The van der Waals surface area contributed by atoms with E-state index in [0.717, 1.165) is 47.5 Å². The lowest BCUT2D eigenvalue weighted by Crippen LogP contribution is -2.38. The van der Waals surface area contributed by atoms with E-state index in [1.807, 2.05) is 32.5 Å². The van der Waals surface area contributed by atoms with Gasteiger partial charge >= 0.3 is 0 Å². The topological polar surface area (TPSA) is 65.4 Å². The molecule has 1 aromatic heterocycles. The van der Waals surface area contributed by atoms with Crippen LogP contribution in [-0.2, 0) is 21.3 Å². The minimum atomic E-state index is -0.127. The summed E-state index contributed by atoms with van der Waals surface area (Å²) in [5.74, 6) is 0.722. The number of allylic oxidation sites excluding steroid dienone is 1. The summed E-state index contributed by atoms with van der Waals surface area (Å²) >= 11 is 0. The normalized spacial score (nSPS) is 24.7. The van der Waals surface area contributed by atoms with Gasteiger partial charge < -0.3 is 14.8 Å². The van der Waals surface area contributed by atoms with Crippen LogP contribution < -0.4 is 5.32 Å². The number of nitrogens with zero attached hydrogens (tertiary/aromatic N) is 2. The van der Waals surface area contributed by atoms with Crippen molar-refractivity contribution in [2.45, 2.75) is 52.2 Å². The lowest BCUT2D eigenvalue weighted by atomic mass is 9.99. The molecular weight excluding hydrogens is 294 g/mol. The molecule has 0 spiro atoms. The molecule has 2 atom stereocenters. The average molecular weight is 319 g/mol. The number of aryl methyl sites for hydroxylation is 2. The van der Waals surface area contributed by atoms with Crippen LogP contribution in [0.1, 0.15) is 49.2 Å². The van der Waals surface area contributed by atoms with Crippen molar-refractivity contribution in [2.24, 2.45) is 7.05 Å². The van der Waals surface area contributed by atoms with Crippen LogP contribution in [0.3, 0.4) is 0 Å². The zero-order chi connectivity index (χ0) is 16.6. The first-order valence-corrected chi connectivity index (χ1v) is 8.24. The van der Waals surface area contributed by atoms with Crippen molar-refractivity contribution in [3.63, 3.8) is 0 Å². The first-order valence-electron chi connectivity index (χ1n) is 8.24. The van der Waals surface area contributed by atoms with Crippen molar-refractivity contribution in [2.75, 3.05) is 13.2 Å². The van der Waals surface area contributed by atoms with Gasteiger partial charge in [0.15, 0.2) is 0 Å². The van der Waals surface area contributed by atoms with Gasteiger partial charge in [-0.15, -0.1) is 0 Å². The highest BCUT2D eigenvalue weighted by Crippen LogP contribution is 2.33. The number of nitrogens with one attached hydrogen (secondary N) is 1. The van der Waals surface area contributed by atoms with Crippen molar-refractivity contribution < 1.29 is 14.3 Å². The van der Waals surface area contributed by atoms with E-state index < -0.39 is 0 Å². The third kappa shape index (κ3) is 3.00. The molecule has 0 bridgehead atoms. The monoisotopic (exact) mass is 319 g/mol. The van der Waals surface area contributed by atoms with E-state index >= 15 is 0 Å². The Kier molecular flexibility index (Phi) is 4.43. The molecule has 6 heteroatoms. The summed E-state index contributed by atoms with van der Waals surface area (Å²) in [6.45, 7) is 7.25. The van der Waals surface area contributed by atoms with Crippen LogP contribution in [0.2, 0.25) is 0 Å². The van der Waals surface area contributed by atoms with Gasteiger partial charge in [0.1, 0.15) is 11.9 Å². The summed E-state index contributed by atoms with van der Waals surface area (Å²) < 4.78 is 13.3. The van der Waals surface area contributed by atoms with Crippen LogP contribution in [-0.4, -0.2) is 34.9 Å². The van der Waals surface area contributed by atoms with Gasteiger partial charge in [-0.2, -0.15) is 5.10 Å². The minimum absolute atomic E-state index is 0.0219. The predicted octanol–water partition coefficient (Wildman–Crippen LogP) is 2.07. The molecule has 0 unspecified atom stereocenters. The first kappa shape index (κ1) is 16.1. The second-order valence-electron chi connectivity index (χ2n) is 6.35. The maximum atomic E-state index is 12.6. The van der Waals surface area contributed by atoms with Gasteiger partial charge in [0.2, 0.25) is 0 Å². The number of hydrogen-bond acceptors (Lipinski definition) is 4. The molecule has 3 heterocycles. The summed E-state index contributed by atoms with van der Waals surface area (Å²) in [4.78, 5) is 12.6. The van der Waals surface area contributed by atoms with Crippen molar-refractivity contribution in [1.29, 1.82) is 0 Å². The zero-order valence-electron chi connectivity index (χ0n) is 14.3. The fraction of sp³-hybridized carbons (Fsp3) is 0.647. The van der Waals surface area contributed by atoms with Crippen molar-refractivity contribution in [3.8, 4) is 0 Å². The molecule has 1 saturated heterocycles. The highest BCUT2D eigenvalue weighted by Gasteiger charge is 2.35. The Hall–Kier alpha value is -1.82. The van der Waals surface area contributed by atoms with Gasteiger partial charge in [-0.05, 0) is 40.0 Å². The van der Waals surface area contributed by atoms with E-state index in [9.17, 15) is 4.79 Å². The molecule has 2 aliphatic rings. The van der Waals surface area contributed by atoms with Crippen LogP contribution in [0, 0.1) is 13.8 Å². The molecule has 1 fully saturated rings. The number of hydrogen-bond donors (Lipinski definition) is 1. The molecule has 6 nitrogen and oxygen atoms in total. The Morgan fingerprint density at radius 3 is 2.74 bits per heavy atom. The minimum Gasteiger partial charge on any atom is -0.498 e. The second-order valence-corrected chi connectivity index (χ2v) is 6.35. The summed E-state index contributed by atoms with van der Waals surface area (Å²) in [7, 11) is 1.93. The number of rotatable bonds is 3. The summed E-state index contributed by atoms with van der Waals surface area (Å²) in [6.07, 6.45) is 2.36. The van der Waals surface area contributed by atoms with Crippen LogP contribution in [0.5, 0.6) is 0 Å². The Morgan fingerprint density at radius 2 is 2.09 bits per heavy atom. The van der Waals surface area contributed by atoms with E-state index in [-0.39, 0.29) is 18.1 Å². The number of carbonyl (C=O) groups is 1. The summed E-state index contributed by atoms with van der Waals surface area (Å²) in [5.41, 5.74) is 3.92. The molecule has 0 saturated carbocycles. The Bertz CT molecular complexity index is 648. The van der Waals surface area contributed by atoms with Gasteiger partial charge in [-0.1, -0.05) is 0 Å². The van der Waals surface area contributed by atoms with Crippen molar-refractivity contribution in [1.82, 2.24) is 15.1 Å². The maximum absolute atomic E-state index is 12.6. The fourth-order valence-corrected chi connectivity index (χ4v) is 3.49. The standard InChI is InChI=1S/C17H25N3O3/c1-10-15(11(2)20(4)19-10)16-14(7-9-23-16)18-17(21)13-6-5-8-22-12(13)3/h14,16H,5-9H2,1-4H3,(H,18,21)/t14-,16-/m0/s1. The largest absolute Gasteiger partial charge is 0.498 e. The molecule has 0 radical (unpaired) electrons. The number of carbonyl (C=O) groups excluding carboxylic acids is 1. The quantitative estimate of drug-likeness (QED) is 0.926. The fourth-order valence-electron chi connectivity index (χ4n) is 3.49. The van der Waals surface area contributed by atoms with Gasteiger partial charge in [-0.25, -0.2) is 0 Å². The first-order chi connectivity index (χ1) is 11.0. The number of amides is 1. The highest BCUT2D eigenvalue weighted by atomic mass is 16.5. The summed E-state index contributed by atoms with van der Waals surface area (Å²) in [6, 6.07) is -0.0219. The van der Waals surface area contributed by atoms with Gasteiger partial charge in [0.25, 0.3) is 5.91 Å². The highest BCUT2D eigenvalue weighted by molar-refractivity contribution is 5.94. The van der Waals surface area contributed by atoms with E-state index in [2.05, 4.69) is 10.4 Å². The smallest absolute Gasteiger partial charge is 0.250 e. The molecule has 1 N–H and O–H groups in total. The summed E-state index contributed by atoms with van der Waals surface area (Å²) in [5, 5.41) is 7.62. The van der Waals surface area contributed by atoms with Gasteiger partial charge in [0, 0.05) is 24.9 Å². The third-order valence-electron chi connectivity index (χ3n) is 4.85. The number of aromatic nitrogens is 2. The Labute approximate surface area is 136 Å². The van der Waals surface area contributed by atoms with Crippen LogP contribution in [0.4, 0.5) is 0 Å². The van der Waals surface area contributed by atoms with Crippen LogP contribution in [0.25, 0.3) is 0 Å². The Balaban J connectivity index is 1.78. The molecule has 3 rings (SSSR count).